The van der Waals surface area contributed by atoms with Gasteiger partial charge in [-0.2, -0.15) is 0 Å². The number of nitrogens with zero attached hydrogens (tertiary/aromatic N) is 1. The number of methoxy groups -OCH3 is 3. The van der Waals surface area contributed by atoms with Crippen molar-refractivity contribution in [3.63, 3.8) is 0 Å². The number of nitrogens with two attached hydrogens (primary N) is 1. The van der Waals surface area contributed by atoms with Gasteiger partial charge in [0.25, 0.3) is 5.91 Å². The molecule has 1 aliphatic rings. The van der Waals surface area contributed by atoms with Gasteiger partial charge in [0, 0.05) is 37.7 Å². The molecule has 1 aromatic carbocycles. The summed E-state index contributed by atoms with van der Waals surface area (Å²) in [4.78, 5) is 26.7. The highest BCUT2D eigenvalue weighted by Gasteiger charge is 2.29. The summed E-state index contributed by atoms with van der Waals surface area (Å²) in [6, 6.07) is 3.26. The molecule has 2 rings (SSSR count). The number of hydrogen-bond donors (Lipinski definition) is 2. The molecule has 1 saturated heterocycles. The van der Waals surface area contributed by atoms with Crippen LogP contribution in [0, 0.1) is 0 Å². The number of likely N-dealkylation sites (tertiary alicyclic amines) is 1. The highest BCUT2D eigenvalue weighted by atomic mass is 16.5. The monoisotopic (exact) mass is 379 g/mol. The molecule has 8 nitrogen and oxygen atoms in total. The van der Waals surface area contributed by atoms with Crippen molar-refractivity contribution in [2.24, 2.45) is 5.73 Å². The molecule has 1 fully saturated rings. The van der Waals surface area contributed by atoms with Crippen LogP contribution in [0.3, 0.4) is 0 Å². The predicted octanol–water partition coefficient (Wildman–Crippen LogP) is 1.17. The Morgan fingerprint density at radius 3 is 2.37 bits per heavy atom. The number of ether oxygens (including phenoxy) is 3. The van der Waals surface area contributed by atoms with Crippen molar-refractivity contribution in [2.75, 3.05) is 41.0 Å². The number of rotatable bonds is 8. The van der Waals surface area contributed by atoms with Gasteiger partial charge in [0.15, 0.2) is 11.5 Å². The van der Waals surface area contributed by atoms with Crippen molar-refractivity contribution in [1.82, 2.24) is 10.2 Å². The van der Waals surface area contributed by atoms with Crippen LogP contribution in [-0.2, 0) is 4.79 Å². The van der Waals surface area contributed by atoms with Gasteiger partial charge in [0.05, 0.1) is 21.3 Å². The van der Waals surface area contributed by atoms with Crippen molar-refractivity contribution in [1.29, 1.82) is 0 Å². The molecular weight excluding hydrogens is 350 g/mol. The maximum atomic E-state index is 13.2. The lowest BCUT2D eigenvalue weighted by Crippen LogP contribution is -2.49. The summed E-state index contributed by atoms with van der Waals surface area (Å²) in [5, 5.41) is 2.87. The second-order valence-electron chi connectivity index (χ2n) is 6.40. The molecule has 0 aliphatic carbocycles. The first kappa shape index (κ1) is 20.8. The van der Waals surface area contributed by atoms with E-state index in [1.807, 2.05) is 4.90 Å². The van der Waals surface area contributed by atoms with E-state index in [4.69, 9.17) is 19.9 Å². The van der Waals surface area contributed by atoms with Crippen molar-refractivity contribution in [3.8, 4) is 17.2 Å². The van der Waals surface area contributed by atoms with Crippen molar-refractivity contribution in [2.45, 2.75) is 31.7 Å². The number of hydrogen-bond acceptors (Lipinski definition) is 6. The lowest BCUT2D eigenvalue weighted by molar-refractivity contribution is -0.121. The second-order valence-corrected chi connectivity index (χ2v) is 6.40. The molecule has 2 amide bonds. The Morgan fingerprint density at radius 1 is 1.15 bits per heavy atom. The summed E-state index contributed by atoms with van der Waals surface area (Å²) >= 11 is 0. The maximum Gasteiger partial charge on any atom is 0.254 e. The normalized spacial score (nSPS) is 16.6. The van der Waals surface area contributed by atoms with E-state index in [2.05, 4.69) is 5.32 Å². The smallest absolute Gasteiger partial charge is 0.254 e. The number of carbonyl (C=O) groups is 2. The highest BCUT2D eigenvalue weighted by molar-refractivity contribution is 5.96. The van der Waals surface area contributed by atoms with Crippen molar-refractivity contribution < 1.29 is 23.8 Å². The zero-order chi connectivity index (χ0) is 19.8. The molecule has 150 valence electrons. The van der Waals surface area contributed by atoms with Gasteiger partial charge in [-0.25, -0.2) is 0 Å². The number of piperidine rings is 1. The third-order valence-corrected chi connectivity index (χ3v) is 4.71. The summed E-state index contributed by atoms with van der Waals surface area (Å²) in [7, 11) is 4.55. The zero-order valence-electron chi connectivity index (χ0n) is 16.2. The predicted molar refractivity (Wildman–Crippen MR) is 101 cm³/mol. The topological polar surface area (TPSA) is 103 Å². The summed E-state index contributed by atoms with van der Waals surface area (Å²) in [6.07, 6.45) is 3.09. The summed E-state index contributed by atoms with van der Waals surface area (Å²) in [5.74, 6) is 1.10. The minimum absolute atomic E-state index is 0.0490. The van der Waals surface area contributed by atoms with E-state index in [1.54, 1.807) is 12.1 Å². The van der Waals surface area contributed by atoms with Gasteiger partial charge in [-0.1, -0.05) is 0 Å². The lowest BCUT2D eigenvalue weighted by atomic mass is 10.00. The Hall–Kier alpha value is -2.48. The van der Waals surface area contributed by atoms with Gasteiger partial charge in [-0.15, -0.1) is 0 Å². The fourth-order valence-electron chi connectivity index (χ4n) is 3.30. The second kappa shape index (κ2) is 10.0. The standard InChI is InChI=1S/C19H29N3O5/c1-25-15-10-13(11-16(26-2)18(15)27-3)19(24)22-9-5-4-6-14(22)12-21-17(23)7-8-20/h10-11,14H,4-9,12,20H2,1-3H3,(H,21,23). The van der Waals surface area contributed by atoms with Gasteiger partial charge in [0.1, 0.15) is 0 Å². The summed E-state index contributed by atoms with van der Waals surface area (Å²) in [6.45, 7) is 1.38. The molecular formula is C19H29N3O5. The van der Waals surface area contributed by atoms with Crippen LogP contribution in [0.15, 0.2) is 12.1 Å². The summed E-state index contributed by atoms with van der Waals surface area (Å²) in [5.41, 5.74) is 5.87. The number of nitrogens with one attached hydrogen (secondary N) is 1. The molecule has 0 saturated carbocycles. The third kappa shape index (κ3) is 5.03. The van der Waals surface area contributed by atoms with E-state index < -0.39 is 0 Å². The maximum absolute atomic E-state index is 13.2. The van der Waals surface area contributed by atoms with E-state index in [0.29, 0.717) is 42.4 Å². The summed E-state index contributed by atoms with van der Waals surface area (Å²) < 4.78 is 16.0. The Bertz CT molecular complexity index is 640. The molecule has 1 aliphatic heterocycles. The van der Waals surface area contributed by atoms with Crippen LogP contribution in [0.1, 0.15) is 36.0 Å². The quantitative estimate of drug-likeness (QED) is 0.703. The Balaban J connectivity index is 2.21. The van der Waals surface area contributed by atoms with Gasteiger partial charge in [0.2, 0.25) is 11.7 Å². The number of benzene rings is 1. The first-order chi connectivity index (χ1) is 13.0. The van der Waals surface area contributed by atoms with E-state index in [9.17, 15) is 9.59 Å². The molecule has 3 N–H and O–H groups in total. The third-order valence-electron chi connectivity index (χ3n) is 4.71. The molecule has 1 aromatic rings. The average molecular weight is 379 g/mol. The van der Waals surface area contributed by atoms with Crippen molar-refractivity contribution >= 4 is 11.8 Å². The fourth-order valence-corrected chi connectivity index (χ4v) is 3.30. The van der Waals surface area contributed by atoms with Crippen LogP contribution in [0.4, 0.5) is 0 Å². The zero-order valence-corrected chi connectivity index (χ0v) is 16.2. The van der Waals surface area contributed by atoms with Crippen LogP contribution >= 0.6 is 0 Å². The van der Waals surface area contributed by atoms with Crippen LogP contribution in [0.5, 0.6) is 17.2 Å². The van der Waals surface area contributed by atoms with E-state index >= 15 is 0 Å². The molecule has 0 bridgehead atoms. The van der Waals surface area contributed by atoms with Crippen LogP contribution in [0.25, 0.3) is 0 Å². The molecule has 1 atom stereocenters. The van der Waals surface area contributed by atoms with Crippen LogP contribution in [-0.4, -0.2) is 63.7 Å². The highest BCUT2D eigenvalue weighted by Crippen LogP contribution is 2.38. The van der Waals surface area contributed by atoms with Gasteiger partial charge < -0.3 is 30.2 Å². The van der Waals surface area contributed by atoms with Crippen molar-refractivity contribution in [3.05, 3.63) is 17.7 Å². The SMILES string of the molecule is COc1cc(C(=O)N2CCCCC2CNC(=O)CCN)cc(OC)c1OC. The first-order valence-corrected chi connectivity index (χ1v) is 9.13. The van der Waals surface area contributed by atoms with Gasteiger partial charge in [-0.3, -0.25) is 9.59 Å². The molecule has 1 unspecified atom stereocenters. The molecule has 0 spiro atoms. The number of carbonyl (C=O) groups excluding carboxylic acids is 2. The Morgan fingerprint density at radius 2 is 1.81 bits per heavy atom. The largest absolute Gasteiger partial charge is 0.493 e. The minimum Gasteiger partial charge on any atom is -0.493 e. The fraction of sp³-hybridized carbons (Fsp3) is 0.579. The van der Waals surface area contributed by atoms with Crippen LogP contribution < -0.4 is 25.3 Å². The molecule has 27 heavy (non-hydrogen) atoms. The van der Waals surface area contributed by atoms with Crippen LogP contribution in [0.2, 0.25) is 0 Å². The first-order valence-electron chi connectivity index (χ1n) is 9.13. The van der Waals surface area contributed by atoms with E-state index in [1.165, 1.54) is 21.3 Å². The number of amides is 2. The molecule has 0 aromatic heterocycles. The van der Waals surface area contributed by atoms with E-state index in [0.717, 1.165) is 19.3 Å². The molecule has 0 radical (unpaired) electrons. The van der Waals surface area contributed by atoms with Gasteiger partial charge >= 0.3 is 0 Å². The minimum atomic E-state index is -0.118. The average Bonchev–Trinajstić information content (AvgIpc) is 2.70. The molecule has 1 heterocycles. The lowest BCUT2D eigenvalue weighted by Gasteiger charge is -2.36. The molecule has 8 heteroatoms. The van der Waals surface area contributed by atoms with Gasteiger partial charge in [-0.05, 0) is 31.4 Å². The Labute approximate surface area is 159 Å². The van der Waals surface area contributed by atoms with E-state index in [-0.39, 0.29) is 24.3 Å². The Kier molecular flexibility index (Phi) is 7.72.